The molecule has 0 aliphatic carbocycles. The average molecular weight is 369 g/mol. The molecule has 8 nitrogen and oxygen atoms in total. The molecule has 0 radical (unpaired) electrons. The zero-order valence-electron chi connectivity index (χ0n) is 13.7. The Morgan fingerprint density at radius 1 is 1.19 bits per heavy atom. The van der Waals surface area contributed by atoms with Gasteiger partial charge in [-0.05, 0) is 48.0 Å². The molecule has 3 rings (SSSR count). The van der Waals surface area contributed by atoms with Crippen molar-refractivity contribution in [1.82, 2.24) is 10.1 Å². The van der Waals surface area contributed by atoms with Crippen molar-refractivity contribution < 1.29 is 23.4 Å². The summed E-state index contributed by atoms with van der Waals surface area (Å²) in [6.45, 7) is -0.225. The lowest BCUT2D eigenvalue weighted by atomic mass is 10.2. The predicted molar refractivity (Wildman–Crippen MR) is 91.6 cm³/mol. The van der Waals surface area contributed by atoms with Gasteiger partial charge in [0.2, 0.25) is 5.82 Å². The normalized spacial score (nSPS) is 10.9. The standard InChI is InChI=1S/C18H12FN3O5/c19-14-6-4-13(5-7-14)18-20-16(27-21-18)11-26-17(23)10-3-12-1-8-15(9-2-12)22(24)25/h1-10H,11H2/b10-3+. The third-order valence-corrected chi connectivity index (χ3v) is 3.42. The number of esters is 1. The van der Waals surface area contributed by atoms with Crippen molar-refractivity contribution in [3.05, 3.63) is 82.0 Å². The van der Waals surface area contributed by atoms with Crippen LogP contribution in [0.25, 0.3) is 17.5 Å². The number of hydrogen-bond acceptors (Lipinski definition) is 7. The third kappa shape index (κ3) is 4.82. The monoisotopic (exact) mass is 369 g/mol. The highest BCUT2D eigenvalue weighted by atomic mass is 19.1. The van der Waals surface area contributed by atoms with Crippen LogP contribution in [0.15, 0.2) is 59.1 Å². The Kier molecular flexibility index (Phi) is 5.31. The number of nitro groups is 1. The van der Waals surface area contributed by atoms with E-state index in [1.165, 1.54) is 60.7 Å². The summed E-state index contributed by atoms with van der Waals surface area (Å²) < 4.78 is 22.9. The van der Waals surface area contributed by atoms with Gasteiger partial charge in [0.1, 0.15) is 5.82 Å². The largest absolute Gasteiger partial charge is 0.452 e. The molecular formula is C18H12FN3O5. The van der Waals surface area contributed by atoms with Crippen LogP contribution in [-0.2, 0) is 16.1 Å². The third-order valence-electron chi connectivity index (χ3n) is 3.42. The van der Waals surface area contributed by atoms with Gasteiger partial charge in [0.05, 0.1) is 4.92 Å². The molecule has 1 aromatic heterocycles. The number of hydrogen-bond donors (Lipinski definition) is 0. The van der Waals surface area contributed by atoms with Crippen LogP contribution in [0.4, 0.5) is 10.1 Å². The van der Waals surface area contributed by atoms with Crippen molar-refractivity contribution in [2.75, 3.05) is 0 Å². The lowest BCUT2D eigenvalue weighted by Crippen LogP contribution is -2.01. The first-order chi connectivity index (χ1) is 13.0. The Labute approximate surface area is 152 Å². The van der Waals surface area contributed by atoms with Gasteiger partial charge in [-0.1, -0.05) is 5.16 Å². The molecule has 0 bridgehead atoms. The smallest absolute Gasteiger partial charge is 0.331 e. The van der Waals surface area contributed by atoms with Gasteiger partial charge in [-0.3, -0.25) is 10.1 Å². The molecular weight excluding hydrogens is 357 g/mol. The molecule has 0 saturated carbocycles. The van der Waals surface area contributed by atoms with Crippen LogP contribution >= 0.6 is 0 Å². The summed E-state index contributed by atoms with van der Waals surface area (Å²) in [4.78, 5) is 25.9. The molecule has 3 aromatic rings. The maximum Gasteiger partial charge on any atom is 0.331 e. The molecule has 0 unspecified atom stereocenters. The zero-order chi connectivity index (χ0) is 19.2. The molecule has 0 atom stereocenters. The van der Waals surface area contributed by atoms with E-state index in [4.69, 9.17) is 9.26 Å². The average Bonchev–Trinajstić information content (AvgIpc) is 3.14. The van der Waals surface area contributed by atoms with Crippen LogP contribution in [0.1, 0.15) is 11.5 Å². The van der Waals surface area contributed by atoms with Crippen LogP contribution in [-0.4, -0.2) is 21.0 Å². The van der Waals surface area contributed by atoms with Crippen molar-refractivity contribution >= 4 is 17.7 Å². The lowest BCUT2D eigenvalue weighted by Gasteiger charge is -1.97. The fraction of sp³-hybridized carbons (Fsp3) is 0.0556. The highest BCUT2D eigenvalue weighted by molar-refractivity contribution is 5.87. The SMILES string of the molecule is O=C(/C=C/c1ccc([N+](=O)[O-])cc1)OCc1nc(-c2ccc(F)cc2)no1. The van der Waals surface area contributed by atoms with E-state index in [9.17, 15) is 19.3 Å². The van der Waals surface area contributed by atoms with E-state index in [1.54, 1.807) is 0 Å². The second-order valence-electron chi connectivity index (χ2n) is 5.31. The summed E-state index contributed by atoms with van der Waals surface area (Å²) in [5.41, 5.74) is 1.13. The predicted octanol–water partition coefficient (Wildman–Crippen LogP) is 3.54. The van der Waals surface area contributed by atoms with E-state index in [-0.39, 0.29) is 29.8 Å². The van der Waals surface area contributed by atoms with Crippen molar-refractivity contribution in [2.24, 2.45) is 0 Å². The minimum atomic E-state index is -0.644. The highest BCUT2D eigenvalue weighted by Crippen LogP contribution is 2.16. The minimum Gasteiger partial charge on any atom is -0.452 e. The van der Waals surface area contributed by atoms with Gasteiger partial charge in [0.15, 0.2) is 6.61 Å². The fourth-order valence-electron chi connectivity index (χ4n) is 2.08. The van der Waals surface area contributed by atoms with Gasteiger partial charge in [0, 0.05) is 23.8 Å². The van der Waals surface area contributed by atoms with Crippen LogP contribution in [0.2, 0.25) is 0 Å². The van der Waals surface area contributed by atoms with Crippen molar-refractivity contribution in [3.63, 3.8) is 0 Å². The Morgan fingerprint density at radius 2 is 1.89 bits per heavy atom. The first-order valence-corrected chi connectivity index (χ1v) is 7.69. The molecule has 0 fully saturated rings. The molecule has 0 N–H and O–H groups in total. The number of nitrogens with zero attached hydrogens (tertiary/aromatic N) is 3. The van der Waals surface area contributed by atoms with Gasteiger partial charge < -0.3 is 9.26 Å². The number of ether oxygens (including phenoxy) is 1. The van der Waals surface area contributed by atoms with E-state index in [0.717, 1.165) is 0 Å². The summed E-state index contributed by atoms with van der Waals surface area (Å²) in [5.74, 6) is -0.681. The molecule has 0 spiro atoms. The number of carbonyl (C=O) groups excluding carboxylic acids is 1. The molecule has 1 heterocycles. The Hall–Kier alpha value is -3.88. The van der Waals surface area contributed by atoms with E-state index >= 15 is 0 Å². The van der Waals surface area contributed by atoms with E-state index in [2.05, 4.69) is 10.1 Å². The summed E-state index contributed by atoms with van der Waals surface area (Å²) >= 11 is 0. The number of halogens is 1. The molecule has 2 aromatic carbocycles. The van der Waals surface area contributed by atoms with Crippen LogP contribution in [0.3, 0.4) is 0 Å². The second-order valence-corrected chi connectivity index (χ2v) is 5.31. The van der Waals surface area contributed by atoms with Crippen molar-refractivity contribution in [2.45, 2.75) is 6.61 Å². The van der Waals surface area contributed by atoms with Crippen LogP contribution < -0.4 is 0 Å². The maximum atomic E-state index is 12.9. The minimum absolute atomic E-state index is 0.0388. The van der Waals surface area contributed by atoms with Crippen LogP contribution in [0.5, 0.6) is 0 Å². The van der Waals surface area contributed by atoms with Crippen molar-refractivity contribution in [3.8, 4) is 11.4 Å². The van der Waals surface area contributed by atoms with Gasteiger partial charge >= 0.3 is 5.97 Å². The van der Waals surface area contributed by atoms with E-state index < -0.39 is 10.9 Å². The number of nitro benzene ring substituents is 1. The number of non-ortho nitro benzene ring substituents is 1. The molecule has 0 aliphatic heterocycles. The van der Waals surface area contributed by atoms with Crippen LogP contribution in [0, 0.1) is 15.9 Å². The topological polar surface area (TPSA) is 108 Å². The van der Waals surface area contributed by atoms with Gasteiger partial charge in [-0.15, -0.1) is 0 Å². The summed E-state index contributed by atoms with van der Waals surface area (Å²) in [6, 6.07) is 11.2. The molecule has 9 heteroatoms. The quantitative estimate of drug-likeness (QED) is 0.283. The number of aromatic nitrogens is 2. The number of carbonyl (C=O) groups is 1. The Morgan fingerprint density at radius 3 is 2.56 bits per heavy atom. The molecule has 0 aliphatic rings. The molecule has 27 heavy (non-hydrogen) atoms. The fourth-order valence-corrected chi connectivity index (χ4v) is 2.08. The van der Waals surface area contributed by atoms with Gasteiger partial charge in [0.25, 0.3) is 11.6 Å². The second kappa shape index (κ2) is 8.00. The summed E-state index contributed by atoms with van der Waals surface area (Å²) in [7, 11) is 0. The lowest BCUT2D eigenvalue weighted by molar-refractivity contribution is -0.384. The first-order valence-electron chi connectivity index (χ1n) is 7.69. The summed E-state index contributed by atoms with van der Waals surface area (Å²) in [6.07, 6.45) is 2.64. The van der Waals surface area contributed by atoms with E-state index in [0.29, 0.717) is 11.1 Å². The molecule has 136 valence electrons. The summed E-state index contributed by atoms with van der Waals surface area (Å²) in [5, 5.41) is 14.3. The first kappa shape index (κ1) is 17.9. The Balaban J connectivity index is 1.54. The zero-order valence-corrected chi connectivity index (χ0v) is 13.7. The van der Waals surface area contributed by atoms with E-state index in [1.807, 2.05) is 0 Å². The Bertz CT molecular complexity index is 981. The molecule has 0 amide bonds. The number of rotatable bonds is 6. The van der Waals surface area contributed by atoms with Crippen molar-refractivity contribution in [1.29, 1.82) is 0 Å². The van der Waals surface area contributed by atoms with Gasteiger partial charge in [-0.2, -0.15) is 4.98 Å². The highest BCUT2D eigenvalue weighted by Gasteiger charge is 2.10. The number of benzene rings is 2. The van der Waals surface area contributed by atoms with Gasteiger partial charge in [-0.25, -0.2) is 9.18 Å². The maximum absolute atomic E-state index is 12.9. The molecule has 0 saturated heterocycles.